The van der Waals surface area contributed by atoms with Gasteiger partial charge in [-0.25, -0.2) is 9.78 Å². The minimum atomic E-state index is -0.237. The lowest BCUT2D eigenvalue weighted by molar-refractivity contribution is 0.193. The predicted molar refractivity (Wildman–Crippen MR) is 130 cm³/mol. The van der Waals surface area contributed by atoms with Crippen LogP contribution in [0.4, 0.5) is 16.2 Å². The van der Waals surface area contributed by atoms with Gasteiger partial charge in [0, 0.05) is 58.7 Å². The number of carbonyl (C=O) groups excluding carboxylic acids is 1. The van der Waals surface area contributed by atoms with Gasteiger partial charge in [-0.2, -0.15) is 0 Å². The van der Waals surface area contributed by atoms with E-state index in [1.54, 1.807) is 0 Å². The lowest BCUT2D eigenvalue weighted by Crippen LogP contribution is -2.49. The molecule has 1 aliphatic heterocycles. The second-order valence-electron chi connectivity index (χ2n) is 9.31. The Morgan fingerprint density at radius 3 is 2.81 bits per heavy atom. The number of urea groups is 1. The number of fused-ring (bicyclic) bond motifs is 2. The summed E-state index contributed by atoms with van der Waals surface area (Å²) in [5.41, 5.74) is 6.04. The quantitative estimate of drug-likeness (QED) is 0.353. The molecule has 32 heavy (non-hydrogen) atoms. The van der Waals surface area contributed by atoms with E-state index in [1.807, 2.05) is 44.1 Å². The van der Waals surface area contributed by atoms with Gasteiger partial charge in [0.2, 0.25) is 0 Å². The highest BCUT2D eigenvalue weighted by Crippen LogP contribution is 2.31. The normalized spacial score (nSPS) is 14.6. The van der Waals surface area contributed by atoms with Crippen LogP contribution in [0.25, 0.3) is 27.5 Å². The predicted octanol–water partition coefficient (Wildman–Crippen LogP) is 5.39. The van der Waals surface area contributed by atoms with Crippen molar-refractivity contribution in [1.29, 1.82) is 0 Å². The summed E-state index contributed by atoms with van der Waals surface area (Å²) in [6.45, 7) is 7.28. The second-order valence-corrected chi connectivity index (χ2v) is 9.31. The third kappa shape index (κ3) is 4.06. The number of aromatic nitrogens is 3. The first kappa shape index (κ1) is 20.2. The maximum absolute atomic E-state index is 12.4. The number of nitrogens with zero attached hydrogens (tertiary/aromatic N) is 2. The number of hydrogen-bond acceptors (Lipinski definition) is 3. The van der Waals surface area contributed by atoms with Crippen LogP contribution in [0.5, 0.6) is 0 Å². The Hall–Kier alpha value is -3.74. The van der Waals surface area contributed by atoms with Gasteiger partial charge in [0.15, 0.2) is 0 Å². The molecule has 0 bridgehead atoms. The molecule has 0 saturated carbocycles. The third-order valence-corrected chi connectivity index (χ3v) is 5.69. The van der Waals surface area contributed by atoms with Crippen LogP contribution in [0, 0.1) is 0 Å². The van der Waals surface area contributed by atoms with Crippen molar-refractivity contribution in [3.63, 3.8) is 0 Å². The van der Waals surface area contributed by atoms with Crippen molar-refractivity contribution in [3.05, 3.63) is 60.6 Å². The number of benzene rings is 1. The number of hydrogen-bond donors (Lipinski definition) is 4. The van der Waals surface area contributed by atoms with Crippen LogP contribution in [-0.2, 0) is 0 Å². The summed E-state index contributed by atoms with van der Waals surface area (Å²) in [5, 5.41) is 8.78. The first-order valence-electron chi connectivity index (χ1n) is 10.9. The van der Waals surface area contributed by atoms with Gasteiger partial charge in [-0.15, -0.1) is 0 Å². The van der Waals surface area contributed by atoms with E-state index in [2.05, 4.69) is 62.0 Å². The summed E-state index contributed by atoms with van der Waals surface area (Å²) in [6, 6.07) is 12.5. The van der Waals surface area contributed by atoms with E-state index in [9.17, 15) is 4.79 Å². The molecule has 0 unspecified atom stereocenters. The minimum Gasteiger partial charge on any atom is -0.361 e. The maximum atomic E-state index is 12.4. The van der Waals surface area contributed by atoms with Crippen LogP contribution in [0.1, 0.15) is 32.9 Å². The van der Waals surface area contributed by atoms with E-state index in [4.69, 9.17) is 0 Å². The van der Waals surface area contributed by atoms with Crippen molar-refractivity contribution in [2.75, 3.05) is 18.4 Å². The Morgan fingerprint density at radius 1 is 1.16 bits per heavy atom. The summed E-state index contributed by atoms with van der Waals surface area (Å²) >= 11 is 0. The SMILES string of the molecule is CC(C)(C)NC(=O)N1CC=C(c2cc3c(Nc4ccc5[nH]ccc5c4)ccnc3[nH]2)CC1. The molecule has 7 heteroatoms. The monoisotopic (exact) mass is 428 g/mol. The number of rotatable bonds is 3. The number of amides is 2. The molecule has 4 aromatic rings. The van der Waals surface area contributed by atoms with Gasteiger partial charge >= 0.3 is 6.03 Å². The molecular formula is C25H28N6O. The van der Waals surface area contributed by atoms with E-state index >= 15 is 0 Å². The highest BCUT2D eigenvalue weighted by Gasteiger charge is 2.22. The number of carbonyl (C=O) groups is 1. The largest absolute Gasteiger partial charge is 0.361 e. The molecule has 0 saturated heterocycles. The van der Waals surface area contributed by atoms with Crippen LogP contribution in [-0.4, -0.2) is 44.5 Å². The molecule has 7 nitrogen and oxygen atoms in total. The van der Waals surface area contributed by atoms with E-state index in [-0.39, 0.29) is 11.6 Å². The molecule has 4 heterocycles. The lowest BCUT2D eigenvalue weighted by atomic mass is 10.0. The van der Waals surface area contributed by atoms with Gasteiger partial charge in [0.05, 0.1) is 5.69 Å². The third-order valence-electron chi connectivity index (χ3n) is 5.69. The first-order chi connectivity index (χ1) is 15.4. The average Bonchev–Trinajstić information content (AvgIpc) is 3.40. The zero-order chi connectivity index (χ0) is 22.3. The summed E-state index contributed by atoms with van der Waals surface area (Å²) < 4.78 is 0. The molecule has 1 aromatic carbocycles. The summed E-state index contributed by atoms with van der Waals surface area (Å²) in [5.74, 6) is 0. The van der Waals surface area contributed by atoms with Gasteiger partial charge < -0.3 is 25.5 Å². The highest BCUT2D eigenvalue weighted by atomic mass is 16.2. The van der Waals surface area contributed by atoms with Crippen molar-refractivity contribution in [3.8, 4) is 0 Å². The van der Waals surface area contributed by atoms with Crippen molar-refractivity contribution in [2.45, 2.75) is 32.7 Å². The van der Waals surface area contributed by atoms with Gasteiger partial charge in [0.25, 0.3) is 0 Å². The molecule has 0 fully saturated rings. The summed E-state index contributed by atoms with van der Waals surface area (Å²) in [4.78, 5) is 25.5. The molecule has 164 valence electrons. The van der Waals surface area contributed by atoms with Crippen molar-refractivity contribution in [1.82, 2.24) is 25.2 Å². The summed E-state index contributed by atoms with van der Waals surface area (Å²) in [6.07, 6.45) is 6.69. The Labute approximate surface area is 186 Å². The van der Waals surface area contributed by atoms with Crippen LogP contribution in [0.15, 0.2) is 54.9 Å². The maximum Gasteiger partial charge on any atom is 0.318 e. The van der Waals surface area contributed by atoms with Gasteiger partial charge in [-0.05, 0) is 69.2 Å². The molecule has 4 N–H and O–H groups in total. The van der Waals surface area contributed by atoms with Crippen molar-refractivity contribution < 1.29 is 4.79 Å². The lowest BCUT2D eigenvalue weighted by Gasteiger charge is -2.30. The van der Waals surface area contributed by atoms with Crippen molar-refractivity contribution in [2.24, 2.45) is 0 Å². The standard InChI is InChI=1S/C25H28N6O/c1-25(2,3)30-24(32)31-12-8-16(9-13-31)22-15-19-21(7-11-27-23(19)29-22)28-18-4-5-20-17(14-18)6-10-26-20/h4-8,10-11,14-15,26H,9,12-13H2,1-3H3,(H,30,32)(H2,27,28,29). The molecule has 0 aliphatic carbocycles. The van der Waals surface area contributed by atoms with Crippen LogP contribution in [0.3, 0.4) is 0 Å². The Kier molecular flexibility index (Phi) is 4.89. The van der Waals surface area contributed by atoms with E-state index in [0.717, 1.165) is 40.0 Å². The Morgan fingerprint density at radius 2 is 2.03 bits per heavy atom. The molecule has 0 radical (unpaired) electrons. The van der Waals surface area contributed by atoms with E-state index in [1.165, 1.54) is 11.0 Å². The second kappa shape index (κ2) is 7.75. The summed E-state index contributed by atoms with van der Waals surface area (Å²) in [7, 11) is 0. The molecule has 2 amide bonds. The molecule has 0 atom stereocenters. The van der Waals surface area contributed by atoms with E-state index < -0.39 is 0 Å². The number of pyridine rings is 1. The van der Waals surface area contributed by atoms with Gasteiger partial charge in [0.1, 0.15) is 5.65 Å². The van der Waals surface area contributed by atoms with Crippen LogP contribution in [0.2, 0.25) is 0 Å². The fraction of sp³-hybridized carbons (Fsp3) is 0.280. The number of aromatic amines is 2. The Bertz CT molecular complexity index is 1320. The first-order valence-corrected chi connectivity index (χ1v) is 10.9. The zero-order valence-electron chi connectivity index (χ0n) is 18.6. The molecule has 0 spiro atoms. The van der Waals surface area contributed by atoms with Crippen molar-refractivity contribution >= 4 is 44.9 Å². The topological polar surface area (TPSA) is 88.8 Å². The smallest absolute Gasteiger partial charge is 0.318 e. The highest BCUT2D eigenvalue weighted by molar-refractivity contribution is 5.95. The average molecular weight is 429 g/mol. The minimum absolute atomic E-state index is 0.0167. The van der Waals surface area contributed by atoms with Crippen LogP contribution >= 0.6 is 0 Å². The fourth-order valence-electron chi connectivity index (χ4n) is 4.09. The molecule has 3 aromatic heterocycles. The molecular weight excluding hydrogens is 400 g/mol. The number of nitrogens with one attached hydrogen (secondary N) is 4. The zero-order valence-corrected chi connectivity index (χ0v) is 18.6. The number of H-pyrrole nitrogens is 2. The molecule has 1 aliphatic rings. The van der Waals surface area contributed by atoms with Gasteiger partial charge in [-0.3, -0.25) is 0 Å². The Balaban J connectivity index is 1.37. The molecule has 5 rings (SSSR count). The fourth-order valence-corrected chi connectivity index (χ4v) is 4.09. The van der Waals surface area contributed by atoms with Crippen LogP contribution < -0.4 is 10.6 Å². The number of anilines is 2. The van der Waals surface area contributed by atoms with E-state index in [0.29, 0.717) is 13.1 Å². The van der Waals surface area contributed by atoms with Gasteiger partial charge in [-0.1, -0.05) is 6.08 Å².